The van der Waals surface area contributed by atoms with E-state index in [4.69, 9.17) is 16.0 Å². The van der Waals surface area contributed by atoms with Crippen molar-refractivity contribution in [3.63, 3.8) is 0 Å². The number of carbonyl (C=O) groups is 1. The van der Waals surface area contributed by atoms with Gasteiger partial charge in [-0.15, -0.1) is 10.2 Å². The Morgan fingerprint density at radius 3 is 2.39 bits per heavy atom. The molecule has 0 fully saturated rings. The number of hydrogen-bond acceptors (Lipinski definition) is 5. The molecule has 0 aliphatic rings. The summed E-state index contributed by atoms with van der Waals surface area (Å²) >= 11 is 10.3. The molecule has 0 radical (unpaired) electrons. The molecule has 0 saturated carbocycles. The molecule has 5 aromatic carbocycles. The molecular weight excluding hydrogens is 669 g/mol. The van der Waals surface area contributed by atoms with Gasteiger partial charge in [0.1, 0.15) is 5.82 Å². The molecule has 1 N–H and O–H groups in total. The van der Waals surface area contributed by atoms with Gasteiger partial charge in [-0.3, -0.25) is 4.79 Å². The molecular formula is C36H24BrClFN5O2. The van der Waals surface area contributed by atoms with Crippen LogP contribution in [0.5, 0.6) is 0 Å². The number of amides is 1. The molecule has 7 nitrogen and oxygen atoms in total. The lowest BCUT2D eigenvalue weighted by molar-refractivity contribution is 0.0932. The SMILES string of the molecule is O=C(N[C@@H](Cn1ccnc1)c1ccc(-c2ccc(F)cc2)cc1Cl)c1ccc(-c2nnc(-c3cc(Br)cc4ccccc34)o2)cc1. The minimum Gasteiger partial charge on any atom is -0.416 e. The van der Waals surface area contributed by atoms with Crippen molar-refractivity contribution < 1.29 is 13.6 Å². The number of fused-ring (bicyclic) bond motifs is 1. The minimum atomic E-state index is -0.463. The molecule has 7 aromatic rings. The second kappa shape index (κ2) is 12.7. The Morgan fingerprint density at radius 2 is 1.63 bits per heavy atom. The van der Waals surface area contributed by atoms with E-state index in [-0.39, 0.29) is 11.7 Å². The van der Waals surface area contributed by atoms with Gasteiger partial charge < -0.3 is 14.3 Å². The lowest BCUT2D eigenvalue weighted by atomic mass is 10.00. The molecule has 0 saturated heterocycles. The standard InChI is InChI=1S/C36H24BrClFN5O2/c37-27-17-26-3-1-2-4-29(26)31(19-27)36-43-42-35(46-36)24-7-5-23(6-8-24)34(45)41-33(20-44-16-15-40-21-44)30-14-11-25(18-32(30)38)22-9-12-28(39)13-10-22/h1-19,21,33H,20H2,(H,41,45)/t33-/m0/s1. The van der Waals surface area contributed by atoms with Crippen LogP contribution in [0, 0.1) is 5.82 Å². The molecule has 226 valence electrons. The fourth-order valence-electron chi connectivity index (χ4n) is 5.36. The van der Waals surface area contributed by atoms with Gasteiger partial charge in [0.15, 0.2) is 0 Å². The van der Waals surface area contributed by atoms with Gasteiger partial charge in [-0.2, -0.15) is 0 Å². The van der Waals surface area contributed by atoms with Crippen molar-refractivity contribution in [2.24, 2.45) is 0 Å². The van der Waals surface area contributed by atoms with Crippen molar-refractivity contribution in [2.45, 2.75) is 12.6 Å². The van der Waals surface area contributed by atoms with Gasteiger partial charge in [0.05, 0.1) is 12.4 Å². The van der Waals surface area contributed by atoms with Crippen LogP contribution in [0.3, 0.4) is 0 Å². The quantitative estimate of drug-likeness (QED) is 0.172. The van der Waals surface area contributed by atoms with E-state index in [1.54, 1.807) is 48.9 Å². The summed E-state index contributed by atoms with van der Waals surface area (Å²) < 4.78 is 22.3. The first-order valence-corrected chi connectivity index (χ1v) is 15.5. The van der Waals surface area contributed by atoms with E-state index in [0.29, 0.717) is 34.5 Å². The van der Waals surface area contributed by atoms with Crippen LogP contribution in [0.2, 0.25) is 5.02 Å². The normalized spacial score (nSPS) is 11.9. The number of imidazole rings is 1. The molecule has 46 heavy (non-hydrogen) atoms. The molecule has 1 atom stereocenters. The molecule has 10 heteroatoms. The van der Waals surface area contributed by atoms with Crippen molar-refractivity contribution in [1.82, 2.24) is 25.1 Å². The summed E-state index contributed by atoms with van der Waals surface area (Å²) in [4.78, 5) is 17.6. The second-order valence-electron chi connectivity index (χ2n) is 10.7. The molecule has 7 rings (SSSR count). The van der Waals surface area contributed by atoms with E-state index in [2.05, 4.69) is 36.4 Å². The molecule has 0 unspecified atom stereocenters. The average molecular weight is 693 g/mol. The first-order valence-electron chi connectivity index (χ1n) is 14.4. The van der Waals surface area contributed by atoms with Crippen LogP contribution in [0.1, 0.15) is 22.0 Å². The molecule has 0 aliphatic carbocycles. The van der Waals surface area contributed by atoms with E-state index in [1.807, 2.05) is 65.4 Å². The summed E-state index contributed by atoms with van der Waals surface area (Å²) in [6, 6.07) is 30.4. The third-order valence-corrected chi connectivity index (χ3v) is 8.47. The number of benzene rings is 5. The van der Waals surface area contributed by atoms with E-state index in [9.17, 15) is 9.18 Å². The lowest BCUT2D eigenvalue weighted by Gasteiger charge is -2.21. The first kappa shape index (κ1) is 29.6. The molecule has 1 amide bonds. The fraction of sp³-hybridized carbons (Fsp3) is 0.0556. The Balaban J connectivity index is 1.12. The van der Waals surface area contributed by atoms with Crippen LogP contribution in [-0.4, -0.2) is 25.7 Å². The maximum absolute atomic E-state index is 13.5. The Bertz CT molecular complexity index is 2170. The van der Waals surface area contributed by atoms with Gasteiger partial charge in [0.2, 0.25) is 11.8 Å². The van der Waals surface area contributed by atoms with Crippen molar-refractivity contribution in [1.29, 1.82) is 0 Å². The molecule has 0 spiro atoms. The van der Waals surface area contributed by atoms with Crippen LogP contribution in [0.25, 0.3) is 44.8 Å². The summed E-state index contributed by atoms with van der Waals surface area (Å²) in [5, 5.41) is 14.2. The number of halogens is 3. The van der Waals surface area contributed by atoms with E-state index in [0.717, 1.165) is 37.5 Å². The lowest BCUT2D eigenvalue weighted by Crippen LogP contribution is -2.31. The third-order valence-electron chi connectivity index (χ3n) is 7.69. The van der Waals surface area contributed by atoms with Crippen LogP contribution >= 0.6 is 27.5 Å². The van der Waals surface area contributed by atoms with Crippen molar-refractivity contribution in [3.8, 4) is 34.0 Å². The Hall–Kier alpha value is -5.12. The van der Waals surface area contributed by atoms with Crippen molar-refractivity contribution in [3.05, 3.63) is 148 Å². The number of carbonyl (C=O) groups excluding carboxylic acids is 1. The number of hydrogen-bond donors (Lipinski definition) is 1. The number of nitrogens with zero attached hydrogens (tertiary/aromatic N) is 4. The monoisotopic (exact) mass is 691 g/mol. The highest BCUT2D eigenvalue weighted by molar-refractivity contribution is 9.10. The summed E-state index contributed by atoms with van der Waals surface area (Å²) in [5.74, 6) is 0.164. The minimum absolute atomic E-state index is 0.276. The molecule has 0 bridgehead atoms. The smallest absolute Gasteiger partial charge is 0.251 e. The second-order valence-corrected chi connectivity index (χ2v) is 12.0. The zero-order valence-electron chi connectivity index (χ0n) is 24.1. The summed E-state index contributed by atoms with van der Waals surface area (Å²) in [6.45, 7) is 0.411. The van der Waals surface area contributed by atoms with E-state index >= 15 is 0 Å². The predicted octanol–water partition coefficient (Wildman–Crippen LogP) is 9.15. The Morgan fingerprint density at radius 1 is 0.891 bits per heavy atom. The third kappa shape index (κ3) is 6.20. The molecule has 2 heterocycles. The zero-order valence-corrected chi connectivity index (χ0v) is 26.4. The van der Waals surface area contributed by atoms with Gasteiger partial charge in [-0.05, 0) is 82.1 Å². The Labute approximate surface area is 276 Å². The largest absolute Gasteiger partial charge is 0.416 e. The number of nitrogens with one attached hydrogen (secondary N) is 1. The van der Waals surface area contributed by atoms with Crippen LogP contribution < -0.4 is 5.32 Å². The van der Waals surface area contributed by atoms with Crippen molar-refractivity contribution in [2.75, 3.05) is 0 Å². The zero-order chi connectivity index (χ0) is 31.6. The average Bonchev–Trinajstić information content (AvgIpc) is 3.77. The predicted molar refractivity (Wildman–Crippen MR) is 180 cm³/mol. The Kier molecular flexibility index (Phi) is 8.17. The summed E-state index contributed by atoms with van der Waals surface area (Å²) in [5.41, 5.74) is 4.38. The van der Waals surface area contributed by atoms with Gasteiger partial charge in [-0.1, -0.05) is 76.1 Å². The van der Waals surface area contributed by atoms with Gasteiger partial charge >= 0.3 is 0 Å². The van der Waals surface area contributed by atoms with Crippen LogP contribution in [0.15, 0.2) is 131 Å². The van der Waals surface area contributed by atoms with Gasteiger partial charge in [-0.25, -0.2) is 9.37 Å². The topological polar surface area (TPSA) is 85.8 Å². The van der Waals surface area contributed by atoms with Gasteiger partial charge in [0, 0.05) is 45.1 Å². The number of aromatic nitrogens is 4. The highest BCUT2D eigenvalue weighted by Crippen LogP contribution is 2.34. The molecule has 2 aromatic heterocycles. The van der Waals surface area contributed by atoms with Crippen molar-refractivity contribution >= 4 is 44.2 Å². The highest BCUT2D eigenvalue weighted by atomic mass is 79.9. The summed E-state index contributed by atoms with van der Waals surface area (Å²) in [6.07, 6.45) is 5.19. The maximum atomic E-state index is 13.5. The van der Waals surface area contributed by atoms with E-state index in [1.165, 1.54) is 12.1 Å². The first-order chi connectivity index (χ1) is 22.4. The van der Waals surface area contributed by atoms with Crippen LogP contribution in [-0.2, 0) is 6.54 Å². The highest BCUT2D eigenvalue weighted by Gasteiger charge is 2.21. The maximum Gasteiger partial charge on any atom is 0.251 e. The van der Waals surface area contributed by atoms with Crippen LogP contribution in [0.4, 0.5) is 4.39 Å². The number of rotatable bonds is 8. The fourth-order valence-corrected chi connectivity index (χ4v) is 6.15. The molecule has 0 aliphatic heterocycles. The summed E-state index contributed by atoms with van der Waals surface area (Å²) in [7, 11) is 0. The van der Waals surface area contributed by atoms with Gasteiger partial charge in [0.25, 0.3) is 5.91 Å². The van der Waals surface area contributed by atoms with E-state index < -0.39 is 6.04 Å².